The van der Waals surface area contributed by atoms with Crippen LogP contribution in [0.3, 0.4) is 0 Å². The molecule has 4 unspecified atom stereocenters. The Bertz CT molecular complexity index is 275. The molecule has 4 atom stereocenters. The molecular formula is C14H29O2P. The van der Waals surface area contributed by atoms with Crippen LogP contribution < -0.4 is 0 Å². The monoisotopic (exact) mass is 260 g/mol. The molecule has 0 aromatic rings. The Balaban J connectivity index is 2.77. The van der Waals surface area contributed by atoms with Gasteiger partial charge in [0, 0.05) is 11.8 Å². The van der Waals surface area contributed by atoms with Crippen molar-refractivity contribution in [1.29, 1.82) is 0 Å². The summed E-state index contributed by atoms with van der Waals surface area (Å²) >= 11 is 0. The standard InChI is InChI=1S/C14H29O2P/c1-5-6-9-17(15,16)14-10-12(4)7-8-13(14)11(2)3/h11-14H,5-10H2,1-4H3,(H,15,16). The highest BCUT2D eigenvalue weighted by Crippen LogP contribution is 2.56. The number of hydrogen-bond donors (Lipinski definition) is 1. The van der Waals surface area contributed by atoms with E-state index in [9.17, 15) is 9.46 Å². The van der Waals surface area contributed by atoms with Crippen molar-refractivity contribution in [2.45, 2.75) is 65.5 Å². The van der Waals surface area contributed by atoms with Gasteiger partial charge in [0.15, 0.2) is 0 Å². The van der Waals surface area contributed by atoms with Gasteiger partial charge in [0.05, 0.1) is 0 Å². The molecule has 17 heavy (non-hydrogen) atoms. The summed E-state index contributed by atoms with van der Waals surface area (Å²) in [6, 6.07) is 0. The molecule has 1 aliphatic rings. The van der Waals surface area contributed by atoms with Crippen LogP contribution in [0.5, 0.6) is 0 Å². The Labute approximate surface area is 107 Å². The number of unbranched alkanes of at least 4 members (excludes halogenated alkanes) is 1. The SMILES string of the molecule is CCCCP(=O)(O)C1CC(C)CCC1C(C)C. The van der Waals surface area contributed by atoms with Gasteiger partial charge in [-0.05, 0) is 37.0 Å². The lowest BCUT2D eigenvalue weighted by atomic mass is 9.77. The molecule has 3 heteroatoms. The molecule has 0 spiro atoms. The van der Waals surface area contributed by atoms with Gasteiger partial charge in [0.2, 0.25) is 7.37 Å². The van der Waals surface area contributed by atoms with E-state index in [1.165, 1.54) is 6.42 Å². The predicted molar refractivity (Wildman–Crippen MR) is 74.7 cm³/mol. The van der Waals surface area contributed by atoms with E-state index in [-0.39, 0.29) is 5.66 Å². The second kappa shape index (κ2) is 6.38. The Morgan fingerprint density at radius 1 is 1.35 bits per heavy atom. The third-order valence-electron chi connectivity index (χ3n) is 4.34. The highest BCUT2D eigenvalue weighted by molar-refractivity contribution is 7.58. The van der Waals surface area contributed by atoms with Crippen molar-refractivity contribution < 1.29 is 9.46 Å². The van der Waals surface area contributed by atoms with Gasteiger partial charge in [-0.3, -0.25) is 4.57 Å². The van der Waals surface area contributed by atoms with Crippen LogP contribution in [0.4, 0.5) is 0 Å². The molecular weight excluding hydrogens is 231 g/mol. The molecule has 1 N–H and O–H groups in total. The minimum Gasteiger partial charge on any atom is -0.344 e. The van der Waals surface area contributed by atoms with Gasteiger partial charge in [-0.25, -0.2) is 0 Å². The summed E-state index contributed by atoms with van der Waals surface area (Å²) in [6.45, 7) is 8.72. The number of hydrogen-bond acceptors (Lipinski definition) is 1. The van der Waals surface area contributed by atoms with Crippen molar-refractivity contribution in [3.63, 3.8) is 0 Å². The van der Waals surface area contributed by atoms with Gasteiger partial charge in [0.25, 0.3) is 0 Å². The highest BCUT2D eigenvalue weighted by atomic mass is 31.2. The Hall–Kier alpha value is 0.190. The summed E-state index contributed by atoms with van der Waals surface area (Å²) in [5.74, 6) is 1.62. The molecule has 0 aliphatic heterocycles. The summed E-state index contributed by atoms with van der Waals surface area (Å²) in [5.41, 5.74) is 0.0674. The largest absolute Gasteiger partial charge is 0.344 e. The summed E-state index contributed by atoms with van der Waals surface area (Å²) in [6.07, 6.45) is 5.76. The van der Waals surface area contributed by atoms with Crippen molar-refractivity contribution >= 4 is 7.37 Å². The van der Waals surface area contributed by atoms with E-state index in [1.807, 2.05) is 0 Å². The van der Waals surface area contributed by atoms with Gasteiger partial charge in [-0.2, -0.15) is 0 Å². The van der Waals surface area contributed by atoms with Crippen molar-refractivity contribution in [3.05, 3.63) is 0 Å². The molecule has 1 fully saturated rings. The first-order chi connectivity index (χ1) is 7.88. The average Bonchev–Trinajstić information content (AvgIpc) is 2.26. The van der Waals surface area contributed by atoms with Crippen LogP contribution in [0.2, 0.25) is 0 Å². The van der Waals surface area contributed by atoms with Crippen molar-refractivity contribution in [1.82, 2.24) is 0 Å². The summed E-state index contributed by atoms with van der Waals surface area (Å²) < 4.78 is 12.5. The van der Waals surface area contributed by atoms with Crippen LogP contribution in [-0.4, -0.2) is 16.7 Å². The van der Waals surface area contributed by atoms with E-state index in [0.717, 1.165) is 25.7 Å². The van der Waals surface area contributed by atoms with Gasteiger partial charge >= 0.3 is 0 Å². The zero-order valence-corrected chi connectivity index (χ0v) is 12.7. The van der Waals surface area contributed by atoms with Crippen LogP contribution in [0.25, 0.3) is 0 Å². The Morgan fingerprint density at radius 2 is 2.00 bits per heavy atom. The Kier molecular flexibility index (Phi) is 5.73. The molecule has 0 amide bonds. The average molecular weight is 260 g/mol. The molecule has 102 valence electrons. The van der Waals surface area contributed by atoms with E-state index in [0.29, 0.717) is 23.9 Å². The van der Waals surface area contributed by atoms with Crippen molar-refractivity contribution in [3.8, 4) is 0 Å². The van der Waals surface area contributed by atoms with E-state index in [2.05, 4.69) is 27.7 Å². The van der Waals surface area contributed by atoms with E-state index in [4.69, 9.17) is 0 Å². The minimum atomic E-state index is -2.93. The quantitative estimate of drug-likeness (QED) is 0.738. The molecule has 0 radical (unpaired) electrons. The maximum absolute atomic E-state index is 12.5. The third-order valence-corrected chi connectivity index (χ3v) is 6.92. The smallest absolute Gasteiger partial charge is 0.203 e. The highest BCUT2D eigenvalue weighted by Gasteiger charge is 2.41. The zero-order valence-electron chi connectivity index (χ0n) is 11.9. The molecule has 1 aliphatic carbocycles. The van der Waals surface area contributed by atoms with Crippen molar-refractivity contribution in [2.24, 2.45) is 17.8 Å². The lowest BCUT2D eigenvalue weighted by Gasteiger charge is -2.39. The second-order valence-electron chi connectivity index (χ2n) is 6.23. The molecule has 0 heterocycles. The minimum absolute atomic E-state index is 0.0674. The fraction of sp³-hybridized carbons (Fsp3) is 1.00. The Morgan fingerprint density at radius 3 is 2.53 bits per heavy atom. The summed E-state index contributed by atoms with van der Waals surface area (Å²) in [4.78, 5) is 10.4. The summed E-state index contributed by atoms with van der Waals surface area (Å²) in [7, 11) is -2.93. The fourth-order valence-electron chi connectivity index (χ4n) is 3.17. The van der Waals surface area contributed by atoms with E-state index in [1.54, 1.807) is 0 Å². The van der Waals surface area contributed by atoms with E-state index < -0.39 is 7.37 Å². The van der Waals surface area contributed by atoms with Gasteiger partial charge in [-0.1, -0.05) is 40.5 Å². The lowest BCUT2D eigenvalue weighted by molar-refractivity contribution is 0.226. The maximum Gasteiger partial charge on any atom is 0.203 e. The first-order valence-electron chi connectivity index (χ1n) is 7.20. The zero-order chi connectivity index (χ0) is 13.1. The first kappa shape index (κ1) is 15.2. The van der Waals surface area contributed by atoms with Crippen LogP contribution in [0.15, 0.2) is 0 Å². The molecule has 0 aromatic carbocycles. The molecule has 1 rings (SSSR count). The number of rotatable bonds is 5. The first-order valence-corrected chi connectivity index (χ1v) is 9.11. The van der Waals surface area contributed by atoms with Crippen molar-refractivity contribution in [2.75, 3.05) is 6.16 Å². The molecule has 1 saturated carbocycles. The fourth-order valence-corrected chi connectivity index (χ4v) is 6.05. The van der Waals surface area contributed by atoms with Crippen LogP contribution >= 0.6 is 7.37 Å². The normalized spacial score (nSPS) is 33.6. The molecule has 0 aromatic heterocycles. The van der Waals surface area contributed by atoms with Crippen LogP contribution in [0.1, 0.15) is 59.8 Å². The summed E-state index contributed by atoms with van der Waals surface area (Å²) in [5, 5.41) is 0. The van der Waals surface area contributed by atoms with Gasteiger partial charge in [0.1, 0.15) is 0 Å². The van der Waals surface area contributed by atoms with Gasteiger partial charge < -0.3 is 4.89 Å². The third kappa shape index (κ3) is 4.10. The lowest BCUT2D eigenvalue weighted by Crippen LogP contribution is -2.32. The molecule has 2 nitrogen and oxygen atoms in total. The topological polar surface area (TPSA) is 37.3 Å². The van der Waals surface area contributed by atoms with Crippen LogP contribution in [-0.2, 0) is 4.57 Å². The van der Waals surface area contributed by atoms with Gasteiger partial charge in [-0.15, -0.1) is 0 Å². The predicted octanol–water partition coefficient (Wildman–Crippen LogP) is 4.52. The second-order valence-corrected chi connectivity index (χ2v) is 8.85. The molecule has 0 saturated heterocycles. The van der Waals surface area contributed by atoms with E-state index >= 15 is 0 Å². The maximum atomic E-state index is 12.5. The van der Waals surface area contributed by atoms with Crippen LogP contribution in [0, 0.1) is 17.8 Å². The molecule has 0 bridgehead atoms.